The van der Waals surface area contributed by atoms with Crippen LogP contribution in [0.5, 0.6) is 0 Å². The summed E-state index contributed by atoms with van der Waals surface area (Å²) in [7, 11) is 0. The number of allylic oxidation sites excluding steroid dienone is 2. The lowest BCUT2D eigenvalue weighted by Crippen LogP contribution is -2.49. The average Bonchev–Trinajstić information content (AvgIpc) is 2.87. The van der Waals surface area contributed by atoms with E-state index in [1.54, 1.807) is 0 Å². The first-order valence-electron chi connectivity index (χ1n) is 11.2. The average molecular weight is 345 g/mol. The van der Waals surface area contributed by atoms with Gasteiger partial charge in [-0.25, -0.2) is 0 Å². The lowest BCUT2D eigenvalue weighted by atomic mass is 9.48. The maximum absolute atomic E-state index is 9.77. The second-order valence-corrected chi connectivity index (χ2v) is 10.8. The molecule has 1 nitrogen and oxygen atoms in total. The second-order valence-electron chi connectivity index (χ2n) is 10.8. The van der Waals surface area contributed by atoms with Crippen molar-refractivity contribution in [3.8, 4) is 0 Å². The Labute approximate surface area is 155 Å². The van der Waals surface area contributed by atoms with Crippen molar-refractivity contribution in [1.29, 1.82) is 0 Å². The zero-order valence-corrected chi connectivity index (χ0v) is 17.1. The highest BCUT2D eigenvalue weighted by atomic mass is 16.3. The minimum absolute atomic E-state index is 0.376. The fourth-order valence-electron chi connectivity index (χ4n) is 8.09. The van der Waals surface area contributed by atoms with E-state index in [1.807, 2.05) is 5.57 Å². The van der Waals surface area contributed by atoms with E-state index in [0.29, 0.717) is 23.4 Å². The smallest absolute Gasteiger partial charge is 0.0459 e. The van der Waals surface area contributed by atoms with Crippen LogP contribution in [0.1, 0.15) is 85.5 Å². The van der Waals surface area contributed by atoms with Crippen molar-refractivity contribution in [3.05, 3.63) is 11.6 Å². The Hall–Kier alpha value is -0.300. The van der Waals surface area contributed by atoms with Gasteiger partial charge in [-0.15, -0.1) is 0 Å². The maximum atomic E-state index is 9.77. The maximum Gasteiger partial charge on any atom is 0.0459 e. The summed E-state index contributed by atoms with van der Waals surface area (Å²) in [5.41, 5.74) is 2.82. The summed E-state index contributed by atoms with van der Waals surface area (Å²) < 4.78 is 0. The standard InChI is InChI=1S/C24H40O/c1-16-5-6-18-7-8-19-21-10-9-20(17(2)15-25)24(21,4)14-12-22(19)23(18,3)13-11-16/h7,16-17,19-22,25H,5-6,8-15H2,1-4H3/t16-,17?,19+,20-,21?,22?,23+,24-/m1/s1. The molecule has 0 aliphatic heterocycles. The Bertz CT molecular complexity index is 536. The molecule has 0 saturated heterocycles. The van der Waals surface area contributed by atoms with Gasteiger partial charge in [0.1, 0.15) is 0 Å². The van der Waals surface area contributed by atoms with Crippen LogP contribution in [-0.4, -0.2) is 11.7 Å². The Balaban J connectivity index is 1.63. The van der Waals surface area contributed by atoms with E-state index in [1.165, 1.54) is 57.8 Å². The molecule has 4 rings (SSSR count). The topological polar surface area (TPSA) is 20.2 Å². The first-order chi connectivity index (χ1) is 11.9. The Morgan fingerprint density at radius 1 is 1.08 bits per heavy atom. The zero-order chi connectivity index (χ0) is 17.8. The Kier molecular flexibility index (Phi) is 4.63. The van der Waals surface area contributed by atoms with E-state index in [4.69, 9.17) is 0 Å². The molecule has 0 spiro atoms. The van der Waals surface area contributed by atoms with Crippen LogP contribution in [0.4, 0.5) is 0 Å². The number of fused-ring (bicyclic) bond motifs is 5. The molecule has 0 bridgehead atoms. The van der Waals surface area contributed by atoms with Gasteiger partial charge in [0, 0.05) is 6.61 Å². The zero-order valence-electron chi connectivity index (χ0n) is 17.1. The molecule has 4 aliphatic carbocycles. The van der Waals surface area contributed by atoms with Gasteiger partial charge in [-0.1, -0.05) is 39.3 Å². The number of aliphatic hydroxyl groups is 1. The largest absolute Gasteiger partial charge is 0.396 e. The van der Waals surface area contributed by atoms with Gasteiger partial charge in [0.25, 0.3) is 0 Å². The monoisotopic (exact) mass is 344 g/mol. The van der Waals surface area contributed by atoms with Gasteiger partial charge in [0.15, 0.2) is 0 Å². The van der Waals surface area contributed by atoms with Crippen LogP contribution in [-0.2, 0) is 0 Å². The third-order valence-electron chi connectivity index (χ3n) is 9.74. The van der Waals surface area contributed by atoms with Crippen LogP contribution in [0, 0.1) is 46.3 Å². The summed E-state index contributed by atoms with van der Waals surface area (Å²) in [6, 6.07) is 0. The fourth-order valence-corrected chi connectivity index (χ4v) is 8.09. The first-order valence-corrected chi connectivity index (χ1v) is 11.2. The Morgan fingerprint density at radius 2 is 1.88 bits per heavy atom. The molecule has 3 unspecified atom stereocenters. The molecule has 8 atom stereocenters. The van der Waals surface area contributed by atoms with Gasteiger partial charge in [-0.3, -0.25) is 0 Å². The van der Waals surface area contributed by atoms with Crippen LogP contribution < -0.4 is 0 Å². The molecule has 0 aromatic heterocycles. The molecule has 0 radical (unpaired) electrons. The molecule has 0 aromatic rings. The van der Waals surface area contributed by atoms with Crippen LogP contribution in [0.15, 0.2) is 11.6 Å². The van der Waals surface area contributed by atoms with Crippen molar-refractivity contribution in [3.63, 3.8) is 0 Å². The lowest BCUT2D eigenvalue weighted by Gasteiger charge is -2.57. The van der Waals surface area contributed by atoms with Gasteiger partial charge < -0.3 is 5.11 Å². The highest BCUT2D eigenvalue weighted by molar-refractivity contribution is 5.24. The molecular formula is C24H40O. The molecule has 3 saturated carbocycles. The molecule has 0 heterocycles. The van der Waals surface area contributed by atoms with E-state index < -0.39 is 0 Å². The van der Waals surface area contributed by atoms with E-state index in [2.05, 4.69) is 33.8 Å². The van der Waals surface area contributed by atoms with Gasteiger partial charge in [0.05, 0.1) is 0 Å². The predicted molar refractivity (Wildman–Crippen MR) is 105 cm³/mol. The molecule has 0 amide bonds. The van der Waals surface area contributed by atoms with Crippen LogP contribution in [0.25, 0.3) is 0 Å². The van der Waals surface area contributed by atoms with Gasteiger partial charge in [-0.05, 0) is 104 Å². The third kappa shape index (κ3) is 2.67. The van der Waals surface area contributed by atoms with Gasteiger partial charge in [-0.2, -0.15) is 0 Å². The first kappa shape index (κ1) is 18.1. The highest BCUT2D eigenvalue weighted by Gasteiger charge is 2.58. The SMILES string of the molecule is CC(CO)[C@H]1CCC2[C@@H]3CC=C4CC[C@@H](C)CC[C@]4(C)C3CC[C@@]21C. The van der Waals surface area contributed by atoms with Crippen LogP contribution in [0.3, 0.4) is 0 Å². The van der Waals surface area contributed by atoms with Crippen molar-refractivity contribution in [2.24, 2.45) is 46.3 Å². The third-order valence-corrected chi connectivity index (χ3v) is 9.74. The highest BCUT2D eigenvalue weighted by Crippen LogP contribution is 2.66. The normalized spacial score (nSPS) is 50.9. The fraction of sp³-hybridized carbons (Fsp3) is 0.917. The number of rotatable bonds is 2. The number of hydrogen-bond acceptors (Lipinski definition) is 1. The Morgan fingerprint density at radius 3 is 2.64 bits per heavy atom. The van der Waals surface area contributed by atoms with Gasteiger partial charge in [0.2, 0.25) is 0 Å². The molecule has 25 heavy (non-hydrogen) atoms. The number of hydrogen-bond donors (Lipinski definition) is 1. The molecule has 1 N–H and O–H groups in total. The van der Waals surface area contributed by atoms with Gasteiger partial charge >= 0.3 is 0 Å². The van der Waals surface area contributed by atoms with E-state index in [0.717, 1.165) is 29.6 Å². The van der Waals surface area contributed by atoms with Crippen LogP contribution in [0.2, 0.25) is 0 Å². The molecule has 4 aliphatic rings. The van der Waals surface area contributed by atoms with E-state index in [-0.39, 0.29) is 0 Å². The summed E-state index contributed by atoms with van der Waals surface area (Å²) in [6.07, 6.45) is 15.3. The predicted octanol–water partition coefficient (Wildman–Crippen LogP) is 6.22. The van der Waals surface area contributed by atoms with Crippen molar-refractivity contribution in [2.75, 3.05) is 6.61 Å². The van der Waals surface area contributed by atoms with E-state index >= 15 is 0 Å². The summed E-state index contributed by atoms with van der Waals surface area (Å²) in [5.74, 6) is 4.89. The van der Waals surface area contributed by atoms with Crippen molar-refractivity contribution in [1.82, 2.24) is 0 Å². The quantitative estimate of drug-likeness (QED) is 0.590. The van der Waals surface area contributed by atoms with Crippen molar-refractivity contribution in [2.45, 2.75) is 85.5 Å². The molecular weight excluding hydrogens is 304 g/mol. The minimum atomic E-state index is 0.376. The number of aliphatic hydroxyl groups excluding tert-OH is 1. The summed E-state index contributed by atoms with van der Waals surface area (Å²) in [4.78, 5) is 0. The molecule has 1 heteroatoms. The molecule has 3 fully saturated rings. The molecule has 0 aromatic carbocycles. The van der Waals surface area contributed by atoms with Crippen LogP contribution >= 0.6 is 0 Å². The molecule has 142 valence electrons. The lowest BCUT2D eigenvalue weighted by molar-refractivity contribution is -0.0496. The summed E-state index contributed by atoms with van der Waals surface area (Å²) in [6.45, 7) is 10.4. The minimum Gasteiger partial charge on any atom is -0.396 e. The van der Waals surface area contributed by atoms with Crippen molar-refractivity contribution < 1.29 is 5.11 Å². The summed E-state index contributed by atoms with van der Waals surface area (Å²) >= 11 is 0. The van der Waals surface area contributed by atoms with E-state index in [9.17, 15) is 5.11 Å². The second kappa shape index (κ2) is 6.39. The van der Waals surface area contributed by atoms with Crippen molar-refractivity contribution >= 4 is 0 Å². The summed E-state index contributed by atoms with van der Waals surface area (Å²) in [5, 5.41) is 9.77.